The molecule has 0 aliphatic carbocycles. The summed E-state index contributed by atoms with van der Waals surface area (Å²) in [5.41, 5.74) is 0.832. The van der Waals surface area contributed by atoms with Crippen LogP contribution >= 0.6 is 0 Å². The maximum atomic E-state index is 14.3. The molecule has 2 aliphatic rings. The van der Waals surface area contributed by atoms with Crippen molar-refractivity contribution in [2.24, 2.45) is 0 Å². The molecule has 366 valence electrons. The summed E-state index contributed by atoms with van der Waals surface area (Å²) in [5.74, 6) is -0.558. The number of carbonyl (C=O) groups is 6. The molecule has 4 aromatic rings. The number of likely N-dealkylation sites (N-methyl/N-ethyl adjacent to an activating group) is 2. The van der Waals surface area contributed by atoms with Crippen molar-refractivity contribution in [2.45, 2.75) is 114 Å². The van der Waals surface area contributed by atoms with Crippen LogP contribution in [0.15, 0.2) is 72.8 Å². The van der Waals surface area contributed by atoms with Crippen LogP contribution in [0.4, 0.5) is 0 Å². The second kappa shape index (κ2) is 24.7. The number of fused-ring (bicyclic) bond motifs is 2. The van der Waals surface area contributed by atoms with E-state index in [2.05, 4.69) is 31.9 Å². The number of hydrogen-bond donors (Lipinski definition) is 6. The zero-order valence-corrected chi connectivity index (χ0v) is 40.5. The van der Waals surface area contributed by atoms with Crippen molar-refractivity contribution < 1.29 is 38.2 Å². The van der Waals surface area contributed by atoms with E-state index in [9.17, 15) is 28.8 Å². The first-order chi connectivity index (χ1) is 32.9. The summed E-state index contributed by atoms with van der Waals surface area (Å²) < 4.78 is 11.1. The largest absolute Gasteiger partial charge is 0.496 e. The lowest BCUT2D eigenvalue weighted by molar-refractivity contribution is -0.137. The van der Waals surface area contributed by atoms with Gasteiger partial charge in [0.15, 0.2) is 0 Å². The number of rotatable bonds is 23. The van der Waals surface area contributed by atoms with E-state index >= 15 is 0 Å². The minimum Gasteiger partial charge on any atom is -0.496 e. The molecule has 6 amide bonds. The average Bonchev–Trinajstić information content (AvgIpc) is 4.05. The smallest absolute Gasteiger partial charge is 0.255 e. The molecule has 0 unspecified atom stereocenters. The van der Waals surface area contributed by atoms with E-state index in [1.54, 1.807) is 37.7 Å². The molecule has 68 heavy (non-hydrogen) atoms. The van der Waals surface area contributed by atoms with Crippen LogP contribution in [0, 0.1) is 0 Å². The molecule has 0 aromatic heterocycles. The Bertz CT molecular complexity index is 2250. The normalized spacial score (nSPS) is 17.6. The summed E-state index contributed by atoms with van der Waals surface area (Å²) in [6, 6.07) is 19.8. The minimum atomic E-state index is -0.762. The minimum absolute atomic E-state index is 0.179. The Morgan fingerprint density at radius 2 is 0.941 bits per heavy atom. The van der Waals surface area contributed by atoms with Gasteiger partial charge in [-0.2, -0.15) is 0 Å². The highest BCUT2D eigenvalue weighted by molar-refractivity contribution is 6.03. The van der Waals surface area contributed by atoms with Crippen LogP contribution in [0.5, 0.6) is 11.5 Å². The third kappa shape index (κ3) is 12.8. The van der Waals surface area contributed by atoms with E-state index in [0.717, 1.165) is 47.2 Å². The number of nitrogens with zero attached hydrogens (tertiary/aromatic N) is 2. The maximum absolute atomic E-state index is 14.3. The van der Waals surface area contributed by atoms with Crippen LogP contribution in [0.2, 0.25) is 0 Å². The second-order valence-corrected chi connectivity index (χ2v) is 18.0. The first-order valence-corrected chi connectivity index (χ1v) is 24.1. The lowest BCUT2D eigenvalue weighted by Gasteiger charge is -2.30. The van der Waals surface area contributed by atoms with Gasteiger partial charge in [-0.15, -0.1) is 0 Å². The van der Waals surface area contributed by atoms with Gasteiger partial charge in [0.25, 0.3) is 11.8 Å². The van der Waals surface area contributed by atoms with E-state index < -0.39 is 24.2 Å². The fraction of sp³-hybridized carbons (Fsp3) is 0.500. The average molecular weight is 935 g/mol. The quantitative estimate of drug-likeness (QED) is 0.0568. The topological polar surface area (TPSA) is 200 Å². The van der Waals surface area contributed by atoms with Gasteiger partial charge in [-0.25, -0.2) is 0 Å². The van der Waals surface area contributed by atoms with Crippen molar-refractivity contribution in [3.8, 4) is 11.5 Å². The lowest BCUT2D eigenvalue weighted by atomic mass is 10.0. The second-order valence-electron chi connectivity index (χ2n) is 18.0. The molecule has 2 fully saturated rings. The van der Waals surface area contributed by atoms with Gasteiger partial charge in [0, 0.05) is 38.3 Å². The van der Waals surface area contributed by atoms with Crippen molar-refractivity contribution in [1.82, 2.24) is 41.7 Å². The Hall–Kier alpha value is -6.26. The lowest BCUT2D eigenvalue weighted by Crippen LogP contribution is -2.54. The molecule has 0 radical (unpaired) electrons. The Kier molecular flexibility index (Phi) is 18.6. The van der Waals surface area contributed by atoms with Gasteiger partial charge in [0.1, 0.15) is 23.6 Å². The third-order valence-corrected chi connectivity index (χ3v) is 13.6. The fourth-order valence-electron chi connectivity index (χ4n) is 9.24. The monoisotopic (exact) mass is 935 g/mol. The standard InChI is InChI=1S/C52H70N8O8/c1-33(53-3)47(61)57-43(51(65)59-25-15-21-39(59)31-55-49(63)41-27-35-17-11-13-19-37(35)29-45(41)67-5)23-9-7-8-10-24-44(58-48(62)34(2)54-4)52(66)60-26-16-22-40(60)32-56-50(64)42-28-36-18-12-14-20-38(36)30-46(42)68-6/h11-14,17-20,27-30,33-34,39-40,43-44,53-54H,7-10,15-16,21-26,31-32H2,1-6H3,(H,55,63)(H,56,64)(H,57,61)(H,58,62)/t33-,34-,39-,40-,43-,44-/m0/s1. The summed E-state index contributed by atoms with van der Waals surface area (Å²) in [6.45, 7) is 5.02. The number of methoxy groups -OCH3 is 2. The molecule has 0 spiro atoms. The van der Waals surface area contributed by atoms with E-state index in [1.165, 1.54) is 14.2 Å². The van der Waals surface area contributed by atoms with Crippen molar-refractivity contribution in [3.05, 3.63) is 83.9 Å². The van der Waals surface area contributed by atoms with Crippen LogP contribution < -0.4 is 41.4 Å². The molecule has 16 nitrogen and oxygen atoms in total. The number of ether oxygens (including phenoxy) is 2. The highest BCUT2D eigenvalue weighted by Crippen LogP contribution is 2.28. The van der Waals surface area contributed by atoms with Crippen LogP contribution in [0.3, 0.4) is 0 Å². The molecule has 6 atom stereocenters. The molecule has 6 rings (SSSR count). The first-order valence-electron chi connectivity index (χ1n) is 24.1. The predicted molar refractivity (Wildman–Crippen MR) is 264 cm³/mol. The molecule has 0 bridgehead atoms. The molecule has 0 saturated carbocycles. The van der Waals surface area contributed by atoms with Gasteiger partial charge < -0.3 is 51.2 Å². The molecule has 6 N–H and O–H groups in total. The van der Waals surface area contributed by atoms with E-state index in [1.807, 2.05) is 72.8 Å². The number of unbranched alkanes of at least 4 members (excludes halogenated alkanes) is 3. The van der Waals surface area contributed by atoms with Gasteiger partial charge in [-0.3, -0.25) is 28.8 Å². The van der Waals surface area contributed by atoms with Crippen LogP contribution in [0.1, 0.15) is 98.8 Å². The third-order valence-electron chi connectivity index (χ3n) is 13.6. The summed E-state index contributed by atoms with van der Waals surface area (Å²) in [4.78, 5) is 85.4. The van der Waals surface area contributed by atoms with Crippen molar-refractivity contribution in [1.29, 1.82) is 0 Å². The van der Waals surface area contributed by atoms with E-state index in [0.29, 0.717) is 74.2 Å². The summed E-state index contributed by atoms with van der Waals surface area (Å²) >= 11 is 0. The SMILES string of the molecule is CN[C@@H](C)C(=O)N[C@@H](CCCCCC[C@H](NC(=O)[C@H](C)NC)C(=O)N1CCC[C@H]1CNC(=O)c1cc2ccccc2cc1OC)C(=O)N1CCC[C@H]1CNC(=O)c1cc2ccccc2cc1OC. The van der Waals surface area contributed by atoms with Crippen LogP contribution in [-0.2, 0) is 19.2 Å². The highest BCUT2D eigenvalue weighted by Gasteiger charge is 2.36. The van der Waals surface area contributed by atoms with Gasteiger partial charge in [-0.05, 0) is 112 Å². The molecule has 16 heteroatoms. The molecule has 2 aliphatic heterocycles. The van der Waals surface area contributed by atoms with Crippen LogP contribution in [0.25, 0.3) is 21.5 Å². The molecular formula is C52H70N8O8. The number of hydrogen-bond acceptors (Lipinski definition) is 10. The summed E-state index contributed by atoms with van der Waals surface area (Å²) in [6.07, 6.45) is 6.53. The van der Waals surface area contributed by atoms with Gasteiger partial charge in [-0.1, -0.05) is 74.2 Å². The first kappa shape index (κ1) is 51.1. The zero-order chi connectivity index (χ0) is 48.7. The fourth-order valence-corrected chi connectivity index (χ4v) is 9.24. The number of carbonyl (C=O) groups excluding carboxylic acids is 6. The number of benzene rings is 4. The molecule has 2 saturated heterocycles. The van der Waals surface area contributed by atoms with Crippen LogP contribution in [-0.4, -0.2) is 136 Å². The Balaban J connectivity index is 1.04. The summed E-state index contributed by atoms with van der Waals surface area (Å²) in [5, 5.41) is 21.7. The molecule has 2 heterocycles. The predicted octanol–water partition coefficient (Wildman–Crippen LogP) is 4.68. The van der Waals surface area contributed by atoms with Gasteiger partial charge >= 0.3 is 0 Å². The Labute approximate surface area is 400 Å². The van der Waals surface area contributed by atoms with Crippen molar-refractivity contribution in [3.63, 3.8) is 0 Å². The number of likely N-dealkylation sites (tertiary alicyclic amines) is 2. The zero-order valence-electron chi connectivity index (χ0n) is 40.5. The van der Waals surface area contributed by atoms with Gasteiger partial charge in [0.05, 0.1) is 37.4 Å². The molecule has 4 aromatic carbocycles. The summed E-state index contributed by atoms with van der Waals surface area (Å²) in [7, 11) is 6.46. The van der Waals surface area contributed by atoms with Crippen molar-refractivity contribution >= 4 is 57.0 Å². The maximum Gasteiger partial charge on any atom is 0.255 e. The van der Waals surface area contributed by atoms with Gasteiger partial charge in [0.2, 0.25) is 23.6 Å². The van der Waals surface area contributed by atoms with E-state index in [4.69, 9.17) is 9.47 Å². The Morgan fingerprint density at radius 1 is 0.574 bits per heavy atom. The highest BCUT2D eigenvalue weighted by atomic mass is 16.5. The number of nitrogens with one attached hydrogen (secondary N) is 6. The van der Waals surface area contributed by atoms with E-state index in [-0.39, 0.29) is 60.6 Å². The number of amides is 6. The van der Waals surface area contributed by atoms with Crippen molar-refractivity contribution in [2.75, 3.05) is 54.5 Å². The molecular weight excluding hydrogens is 865 g/mol. The Morgan fingerprint density at radius 3 is 1.29 bits per heavy atom.